The van der Waals surface area contributed by atoms with Gasteiger partial charge in [-0.15, -0.1) is 4.40 Å². The van der Waals surface area contributed by atoms with Crippen molar-refractivity contribution in [3.8, 4) is 0 Å². The van der Waals surface area contributed by atoms with Gasteiger partial charge in [-0.05, 0) is 55.3 Å². The van der Waals surface area contributed by atoms with Crippen LogP contribution < -0.4 is 4.80 Å². The molecule has 0 aliphatic heterocycles. The normalized spacial score (nSPS) is 13.0. The molecule has 0 atom stereocenters. The number of aryl methyl sites for hydroxylation is 3. The molecule has 0 saturated carbocycles. The first-order valence-electron chi connectivity index (χ1n) is 6.92. The maximum atomic E-state index is 13.0. The van der Waals surface area contributed by atoms with E-state index in [4.69, 9.17) is 0 Å². The predicted molar refractivity (Wildman–Crippen MR) is 89.4 cm³/mol. The molecule has 1 aromatic heterocycles. The van der Waals surface area contributed by atoms with Crippen LogP contribution in [0.5, 0.6) is 0 Å². The lowest BCUT2D eigenvalue weighted by Crippen LogP contribution is -2.14. The maximum Gasteiger partial charge on any atom is 0.285 e. The summed E-state index contributed by atoms with van der Waals surface area (Å²) in [7, 11) is -2.08. The molecule has 0 radical (unpaired) electrons. The van der Waals surface area contributed by atoms with E-state index in [0.29, 0.717) is 4.80 Å². The van der Waals surface area contributed by atoms with Gasteiger partial charge in [0.2, 0.25) is 4.80 Å². The van der Waals surface area contributed by atoms with Crippen molar-refractivity contribution in [1.82, 2.24) is 4.57 Å². The van der Waals surface area contributed by atoms with E-state index < -0.39 is 15.8 Å². The summed E-state index contributed by atoms with van der Waals surface area (Å²) in [5.41, 5.74) is 3.21. The lowest BCUT2D eigenvalue weighted by Gasteiger charge is -2.03. The minimum absolute atomic E-state index is 0.0238. The molecule has 3 rings (SSSR count). The molecular formula is C16H15FN2O2S2. The highest BCUT2D eigenvalue weighted by Crippen LogP contribution is 2.23. The van der Waals surface area contributed by atoms with Crippen LogP contribution in [0.25, 0.3) is 10.2 Å². The number of rotatable bonds is 2. The molecule has 3 aromatic rings. The Morgan fingerprint density at radius 2 is 1.74 bits per heavy atom. The van der Waals surface area contributed by atoms with E-state index in [2.05, 4.69) is 4.40 Å². The van der Waals surface area contributed by atoms with Gasteiger partial charge in [0.05, 0.1) is 15.1 Å². The number of aromatic nitrogens is 1. The number of nitrogens with zero attached hydrogens (tertiary/aromatic N) is 2. The molecule has 23 heavy (non-hydrogen) atoms. The summed E-state index contributed by atoms with van der Waals surface area (Å²) in [5.74, 6) is -0.484. The molecule has 0 aliphatic rings. The Bertz CT molecular complexity index is 1060. The van der Waals surface area contributed by atoms with Gasteiger partial charge in [0, 0.05) is 7.05 Å². The fourth-order valence-electron chi connectivity index (χ4n) is 2.38. The largest absolute Gasteiger partial charge is 0.319 e. The molecule has 0 aliphatic carbocycles. The van der Waals surface area contributed by atoms with Crippen molar-refractivity contribution >= 4 is 31.6 Å². The smallest absolute Gasteiger partial charge is 0.285 e. The number of hydrogen-bond donors (Lipinski definition) is 0. The molecule has 0 bridgehead atoms. The van der Waals surface area contributed by atoms with E-state index in [0.717, 1.165) is 33.5 Å². The van der Waals surface area contributed by atoms with Crippen molar-refractivity contribution in [2.75, 3.05) is 0 Å². The van der Waals surface area contributed by atoms with Crippen LogP contribution in [0, 0.1) is 19.7 Å². The van der Waals surface area contributed by atoms with Gasteiger partial charge in [-0.25, -0.2) is 4.39 Å². The van der Waals surface area contributed by atoms with Crippen LogP contribution in [0.2, 0.25) is 0 Å². The monoisotopic (exact) mass is 350 g/mol. The number of thiazole rings is 1. The van der Waals surface area contributed by atoms with Crippen LogP contribution >= 0.6 is 11.3 Å². The molecule has 120 valence electrons. The Kier molecular flexibility index (Phi) is 3.85. The van der Waals surface area contributed by atoms with Gasteiger partial charge in [-0.1, -0.05) is 17.4 Å². The highest BCUT2D eigenvalue weighted by Gasteiger charge is 2.15. The van der Waals surface area contributed by atoms with Crippen molar-refractivity contribution in [3.05, 3.63) is 58.1 Å². The van der Waals surface area contributed by atoms with Crippen LogP contribution in [-0.2, 0) is 17.1 Å². The summed E-state index contributed by atoms with van der Waals surface area (Å²) >= 11 is 1.31. The Hall–Kier alpha value is -1.99. The van der Waals surface area contributed by atoms with E-state index in [9.17, 15) is 12.8 Å². The highest BCUT2D eigenvalue weighted by molar-refractivity contribution is 7.90. The van der Waals surface area contributed by atoms with Gasteiger partial charge in [0.25, 0.3) is 10.0 Å². The second-order valence-electron chi connectivity index (χ2n) is 5.32. The van der Waals surface area contributed by atoms with E-state index in [1.165, 1.54) is 23.5 Å². The van der Waals surface area contributed by atoms with Crippen LogP contribution in [0.3, 0.4) is 0 Å². The Morgan fingerprint density at radius 1 is 1.09 bits per heavy atom. The average molecular weight is 350 g/mol. The fourth-order valence-corrected chi connectivity index (χ4v) is 4.68. The predicted octanol–water partition coefficient (Wildman–Crippen LogP) is 3.29. The first-order chi connectivity index (χ1) is 10.8. The fraction of sp³-hybridized carbons (Fsp3) is 0.188. The lowest BCUT2D eigenvalue weighted by atomic mass is 10.1. The topological polar surface area (TPSA) is 51.4 Å². The highest BCUT2D eigenvalue weighted by atomic mass is 32.2. The molecular weight excluding hydrogens is 335 g/mol. The molecule has 2 aromatic carbocycles. The van der Waals surface area contributed by atoms with Gasteiger partial charge in [0.15, 0.2) is 0 Å². The van der Waals surface area contributed by atoms with Crippen LogP contribution in [0.4, 0.5) is 4.39 Å². The Balaban J connectivity index is 2.23. The second-order valence-corrected chi connectivity index (χ2v) is 7.93. The van der Waals surface area contributed by atoms with Crippen molar-refractivity contribution < 1.29 is 12.8 Å². The molecule has 0 N–H and O–H groups in total. The summed E-state index contributed by atoms with van der Waals surface area (Å²) in [4.78, 5) is 0.363. The third kappa shape index (κ3) is 2.82. The van der Waals surface area contributed by atoms with E-state index >= 15 is 0 Å². The zero-order valence-corrected chi connectivity index (χ0v) is 14.5. The minimum atomic E-state index is -3.88. The number of fused-ring (bicyclic) bond motifs is 1. The quantitative estimate of drug-likeness (QED) is 0.712. The summed E-state index contributed by atoms with van der Waals surface area (Å²) in [6, 6.07) is 8.63. The van der Waals surface area contributed by atoms with Gasteiger partial charge in [-0.3, -0.25) is 0 Å². The third-order valence-electron chi connectivity index (χ3n) is 3.80. The summed E-state index contributed by atoms with van der Waals surface area (Å²) in [5, 5.41) is 0. The number of benzene rings is 2. The van der Waals surface area contributed by atoms with Crippen molar-refractivity contribution in [2.24, 2.45) is 11.4 Å². The molecule has 0 spiro atoms. The second kappa shape index (κ2) is 5.58. The molecule has 0 unspecified atom stereocenters. The van der Waals surface area contributed by atoms with Crippen molar-refractivity contribution in [3.63, 3.8) is 0 Å². The zero-order chi connectivity index (χ0) is 16.8. The molecule has 7 heteroatoms. The third-order valence-corrected chi connectivity index (χ3v) is 6.29. The number of halogens is 1. The van der Waals surface area contributed by atoms with E-state index in [-0.39, 0.29) is 4.90 Å². The standard InChI is InChI=1S/C16H15FN2O2S2/c1-10-4-9-14-15(11(10)2)19(3)16(22-14)18-23(20,21)13-7-5-12(17)6-8-13/h4-9H,1-3H3. The molecule has 0 saturated heterocycles. The van der Waals surface area contributed by atoms with Crippen molar-refractivity contribution in [1.29, 1.82) is 0 Å². The number of sulfonamides is 1. The first kappa shape index (κ1) is 15.9. The summed E-state index contributed by atoms with van der Waals surface area (Å²) in [6.45, 7) is 4.02. The van der Waals surface area contributed by atoms with E-state index in [1.54, 1.807) is 11.6 Å². The lowest BCUT2D eigenvalue weighted by molar-refractivity contribution is 0.595. The van der Waals surface area contributed by atoms with Gasteiger partial charge in [0.1, 0.15) is 5.82 Å². The van der Waals surface area contributed by atoms with Crippen LogP contribution in [0.15, 0.2) is 45.7 Å². The SMILES string of the molecule is Cc1ccc2sc(=NS(=O)(=O)c3ccc(F)cc3)n(C)c2c1C. The van der Waals surface area contributed by atoms with E-state index in [1.807, 2.05) is 26.0 Å². The molecule has 0 amide bonds. The Morgan fingerprint density at radius 3 is 2.39 bits per heavy atom. The zero-order valence-electron chi connectivity index (χ0n) is 12.9. The first-order valence-corrected chi connectivity index (χ1v) is 9.17. The van der Waals surface area contributed by atoms with Gasteiger partial charge < -0.3 is 4.57 Å². The van der Waals surface area contributed by atoms with Gasteiger partial charge >= 0.3 is 0 Å². The summed E-state index contributed by atoms with van der Waals surface area (Å²) in [6.07, 6.45) is 0. The van der Waals surface area contributed by atoms with Crippen molar-refractivity contribution in [2.45, 2.75) is 18.7 Å². The van der Waals surface area contributed by atoms with Crippen LogP contribution in [-0.4, -0.2) is 13.0 Å². The van der Waals surface area contributed by atoms with Crippen LogP contribution in [0.1, 0.15) is 11.1 Å². The molecule has 0 fully saturated rings. The van der Waals surface area contributed by atoms with Gasteiger partial charge in [-0.2, -0.15) is 8.42 Å². The maximum absolute atomic E-state index is 13.0. The minimum Gasteiger partial charge on any atom is -0.319 e. The molecule has 4 nitrogen and oxygen atoms in total. The molecule has 1 heterocycles. The average Bonchev–Trinajstić information content (AvgIpc) is 2.80. The summed E-state index contributed by atoms with van der Waals surface area (Å²) < 4.78 is 44.4. The Labute approximate surface area is 137 Å². The number of hydrogen-bond acceptors (Lipinski definition) is 3.